The second-order valence-electron chi connectivity index (χ2n) is 7.82. The van der Waals surface area contributed by atoms with Gasteiger partial charge in [0.2, 0.25) is 0 Å². The fourth-order valence-corrected chi connectivity index (χ4v) is 5.63. The Balaban J connectivity index is 1.74. The van der Waals surface area contributed by atoms with Crippen molar-refractivity contribution in [2.24, 2.45) is 5.92 Å². The molecule has 27 heavy (non-hydrogen) atoms. The number of esters is 2. The normalized spacial score (nSPS) is 30.9. The van der Waals surface area contributed by atoms with E-state index >= 15 is 0 Å². The third-order valence-electron chi connectivity index (χ3n) is 6.70. The molecular formula is C23H18O4. The van der Waals surface area contributed by atoms with Crippen molar-refractivity contribution < 1.29 is 19.1 Å². The molecule has 7 rings (SSSR count). The van der Waals surface area contributed by atoms with Gasteiger partial charge in [-0.3, -0.25) is 9.59 Å². The number of rotatable bonds is 1. The average molecular weight is 358 g/mol. The van der Waals surface area contributed by atoms with E-state index in [2.05, 4.69) is 24.3 Å². The van der Waals surface area contributed by atoms with Gasteiger partial charge in [0, 0.05) is 0 Å². The molecule has 0 saturated carbocycles. The first-order valence-electron chi connectivity index (χ1n) is 9.51. The van der Waals surface area contributed by atoms with Crippen molar-refractivity contribution in [3.8, 4) is 0 Å². The first-order valence-corrected chi connectivity index (χ1v) is 9.51. The van der Waals surface area contributed by atoms with Crippen molar-refractivity contribution in [2.45, 2.75) is 37.4 Å². The van der Waals surface area contributed by atoms with Crippen LogP contribution in [-0.4, -0.2) is 24.1 Å². The summed E-state index contributed by atoms with van der Waals surface area (Å²) in [6, 6.07) is 16.3. The molecule has 0 amide bonds. The van der Waals surface area contributed by atoms with Gasteiger partial charge in [-0.2, -0.15) is 0 Å². The molecule has 2 heterocycles. The van der Waals surface area contributed by atoms with E-state index in [9.17, 15) is 9.59 Å². The minimum atomic E-state index is -0.969. The molecule has 0 radical (unpaired) electrons. The predicted molar refractivity (Wildman–Crippen MR) is 100 cm³/mol. The molecular weight excluding hydrogens is 340 g/mol. The Morgan fingerprint density at radius 3 is 2.11 bits per heavy atom. The molecule has 3 aromatic carbocycles. The van der Waals surface area contributed by atoms with E-state index < -0.39 is 17.4 Å². The Morgan fingerprint density at radius 1 is 0.926 bits per heavy atom. The van der Waals surface area contributed by atoms with Gasteiger partial charge in [0.25, 0.3) is 0 Å². The van der Waals surface area contributed by atoms with E-state index in [1.54, 1.807) is 0 Å². The van der Waals surface area contributed by atoms with Crippen LogP contribution in [0.3, 0.4) is 0 Å². The molecule has 1 spiro atoms. The van der Waals surface area contributed by atoms with E-state index in [0.29, 0.717) is 12.8 Å². The highest BCUT2D eigenvalue weighted by molar-refractivity contribution is 6.14. The topological polar surface area (TPSA) is 52.6 Å². The number of hydrogen-bond acceptors (Lipinski definition) is 4. The zero-order valence-corrected chi connectivity index (χ0v) is 14.9. The van der Waals surface area contributed by atoms with E-state index in [0.717, 1.165) is 32.7 Å². The quantitative estimate of drug-likeness (QED) is 0.492. The molecule has 2 aliphatic heterocycles. The Kier molecular flexibility index (Phi) is 2.75. The molecule has 4 heteroatoms. The van der Waals surface area contributed by atoms with Crippen LogP contribution in [0.2, 0.25) is 0 Å². The predicted octanol–water partition coefficient (Wildman–Crippen LogP) is 3.66. The highest BCUT2D eigenvalue weighted by atomic mass is 16.6. The molecule has 2 saturated heterocycles. The van der Waals surface area contributed by atoms with Gasteiger partial charge in [-0.15, -0.1) is 0 Å². The lowest BCUT2D eigenvalue weighted by atomic mass is 9.59. The molecule has 0 N–H and O–H groups in total. The highest BCUT2D eigenvalue weighted by Crippen LogP contribution is 2.57. The van der Waals surface area contributed by atoms with Crippen LogP contribution in [0.5, 0.6) is 0 Å². The van der Waals surface area contributed by atoms with Crippen molar-refractivity contribution >= 4 is 33.5 Å². The molecule has 2 bridgehead atoms. The van der Waals surface area contributed by atoms with Crippen LogP contribution in [0.15, 0.2) is 48.5 Å². The van der Waals surface area contributed by atoms with Crippen LogP contribution in [0, 0.1) is 5.92 Å². The maximum absolute atomic E-state index is 13.3. The maximum atomic E-state index is 13.3. The second-order valence-corrected chi connectivity index (χ2v) is 7.82. The molecule has 3 aromatic rings. The van der Waals surface area contributed by atoms with Gasteiger partial charge in [0.15, 0.2) is 6.10 Å². The number of cyclic esters (lactones) is 1. The summed E-state index contributed by atoms with van der Waals surface area (Å²) in [6.45, 7) is 1.96. The van der Waals surface area contributed by atoms with E-state index in [-0.39, 0.29) is 18.0 Å². The Bertz CT molecular complexity index is 1110. The summed E-state index contributed by atoms with van der Waals surface area (Å²) in [7, 11) is 0. The van der Waals surface area contributed by atoms with Gasteiger partial charge >= 0.3 is 11.9 Å². The highest BCUT2D eigenvalue weighted by Gasteiger charge is 2.69. The van der Waals surface area contributed by atoms with Crippen LogP contribution in [0.25, 0.3) is 21.5 Å². The van der Waals surface area contributed by atoms with Crippen LogP contribution >= 0.6 is 0 Å². The first kappa shape index (κ1) is 15.2. The summed E-state index contributed by atoms with van der Waals surface area (Å²) in [5, 5.41) is 4.41. The van der Waals surface area contributed by atoms with Gasteiger partial charge in [0.1, 0.15) is 17.4 Å². The molecule has 4 aliphatic rings. The molecule has 4 nitrogen and oxygen atoms in total. The van der Waals surface area contributed by atoms with E-state index in [4.69, 9.17) is 9.47 Å². The fraction of sp³-hybridized carbons (Fsp3) is 0.304. The van der Waals surface area contributed by atoms with Gasteiger partial charge in [-0.1, -0.05) is 55.5 Å². The van der Waals surface area contributed by atoms with Gasteiger partial charge in [-0.05, 0) is 45.5 Å². The van der Waals surface area contributed by atoms with Gasteiger partial charge < -0.3 is 9.47 Å². The summed E-state index contributed by atoms with van der Waals surface area (Å²) in [5.74, 6) is -1.14. The lowest BCUT2D eigenvalue weighted by Crippen LogP contribution is -2.46. The SMILES string of the molecule is CC[C@@H]1OC(=O)[C@@H]2[C@H]1OC(=O)[C@]21Cc2c3ccccc3c1c1ccccc21. The standard InChI is InChI=1S/C23H18O4/c1-2-17-20-19(21(24)26-17)23(22(25)27-20)11-16-12-7-3-5-9-14(12)18(23)15-10-6-4-8-13(15)16/h3-10,17,19-20H,2,11H2,1H3/t17-,19-,20-,23-/m0/s1. The van der Waals surface area contributed by atoms with Crippen molar-refractivity contribution in [1.82, 2.24) is 0 Å². The summed E-state index contributed by atoms with van der Waals surface area (Å²) >= 11 is 0. The first-order chi connectivity index (χ1) is 13.2. The third kappa shape index (κ3) is 1.61. The van der Waals surface area contributed by atoms with Gasteiger partial charge in [-0.25, -0.2) is 0 Å². The molecule has 0 aromatic heterocycles. The minimum absolute atomic E-state index is 0.274. The molecule has 134 valence electrons. The van der Waals surface area contributed by atoms with Crippen LogP contribution < -0.4 is 0 Å². The van der Waals surface area contributed by atoms with Crippen molar-refractivity contribution in [2.75, 3.05) is 0 Å². The Morgan fingerprint density at radius 2 is 1.52 bits per heavy atom. The largest absolute Gasteiger partial charge is 0.458 e. The number of carbonyl (C=O) groups excluding carboxylic acids is 2. The van der Waals surface area contributed by atoms with Crippen molar-refractivity contribution in [3.63, 3.8) is 0 Å². The van der Waals surface area contributed by atoms with Crippen LogP contribution in [-0.2, 0) is 30.9 Å². The molecule has 2 fully saturated rings. The lowest BCUT2D eigenvalue weighted by Gasteiger charge is -2.38. The summed E-state index contributed by atoms with van der Waals surface area (Å²) in [4.78, 5) is 26.2. The molecule has 4 atom stereocenters. The number of ether oxygens (including phenoxy) is 2. The molecule has 2 aliphatic carbocycles. The Labute approximate surface area is 156 Å². The van der Waals surface area contributed by atoms with Crippen LogP contribution in [0.1, 0.15) is 24.5 Å². The smallest absolute Gasteiger partial charge is 0.318 e. The second kappa shape index (κ2) is 4.89. The lowest BCUT2D eigenvalue weighted by molar-refractivity contribution is -0.156. The zero-order valence-electron chi connectivity index (χ0n) is 14.9. The van der Waals surface area contributed by atoms with Crippen LogP contribution in [0.4, 0.5) is 0 Å². The van der Waals surface area contributed by atoms with Crippen molar-refractivity contribution in [1.29, 1.82) is 0 Å². The maximum Gasteiger partial charge on any atom is 0.318 e. The zero-order chi connectivity index (χ0) is 18.3. The summed E-state index contributed by atoms with van der Waals surface area (Å²) in [5.41, 5.74) is 1.10. The average Bonchev–Trinajstić information content (AvgIpc) is 3.17. The number of carbonyl (C=O) groups is 2. The minimum Gasteiger partial charge on any atom is -0.458 e. The number of fused-ring (bicyclic) bond motifs is 1. The monoisotopic (exact) mass is 358 g/mol. The summed E-state index contributed by atoms with van der Waals surface area (Å²) in [6.07, 6.45) is 0.321. The summed E-state index contributed by atoms with van der Waals surface area (Å²) < 4.78 is 11.4. The third-order valence-corrected chi connectivity index (χ3v) is 6.70. The van der Waals surface area contributed by atoms with Gasteiger partial charge in [0.05, 0.1) is 0 Å². The Hall–Kier alpha value is -2.88. The van der Waals surface area contributed by atoms with Crippen molar-refractivity contribution in [3.05, 3.63) is 59.7 Å². The van der Waals surface area contributed by atoms with E-state index in [1.807, 2.05) is 31.2 Å². The fourth-order valence-electron chi connectivity index (χ4n) is 5.63. The number of hydrogen-bond donors (Lipinski definition) is 0. The number of benzene rings is 3. The van der Waals surface area contributed by atoms with E-state index in [1.165, 1.54) is 0 Å². The molecule has 0 unspecified atom stereocenters.